The van der Waals surface area contributed by atoms with Gasteiger partial charge in [0.15, 0.2) is 0 Å². The summed E-state index contributed by atoms with van der Waals surface area (Å²) in [6.07, 6.45) is 17.4. The summed E-state index contributed by atoms with van der Waals surface area (Å²) in [6, 6.07) is 0. The Labute approximate surface area is 199 Å². The van der Waals surface area contributed by atoms with E-state index in [-0.39, 0.29) is 11.5 Å². The summed E-state index contributed by atoms with van der Waals surface area (Å²) in [7, 11) is 0. The molecule has 0 aromatic carbocycles. The van der Waals surface area contributed by atoms with Gasteiger partial charge in [0, 0.05) is 0 Å². The van der Waals surface area contributed by atoms with Crippen molar-refractivity contribution in [3.05, 3.63) is 11.6 Å². The summed E-state index contributed by atoms with van der Waals surface area (Å²) in [6.45, 7) is 20.1. The van der Waals surface area contributed by atoms with Crippen molar-refractivity contribution >= 4 is 0 Å². The molecule has 32 heavy (non-hydrogen) atoms. The van der Waals surface area contributed by atoms with Crippen LogP contribution in [0.25, 0.3) is 0 Å². The smallest absolute Gasteiger partial charge is 0.0594 e. The quantitative estimate of drug-likeness (QED) is 0.434. The van der Waals surface area contributed by atoms with Gasteiger partial charge in [0.05, 0.1) is 6.10 Å². The minimum Gasteiger partial charge on any atom is -0.393 e. The molecule has 0 radical (unpaired) electrons. The molecule has 2 spiro atoms. The molecule has 1 heteroatoms. The third-order valence-electron chi connectivity index (χ3n) is 13.9. The molecule has 0 aromatic rings. The minimum atomic E-state index is -0.0953. The molecule has 5 saturated carbocycles. The number of allylic oxidation sites excluding steroid dienone is 2. The molecule has 0 aromatic heterocycles. The monoisotopic (exact) mass is 440 g/mol. The zero-order chi connectivity index (χ0) is 23.4. The van der Waals surface area contributed by atoms with Gasteiger partial charge in [0.1, 0.15) is 0 Å². The lowest BCUT2D eigenvalue weighted by molar-refractivity contribution is -0.209. The van der Waals surface area contributed by atoms with Gasteiger partial charge in [-0.25, -0.2) is 0 Å². The van der Waals surface area contributed by atoms with Crippen LogP contribution >= 0.6 is 0 Å². The number of aliphatic hydroxyl groups is 1. The van der Waals surface area contributed by atoms with E-state index in [2.05, 4.69) is 61.5 Å². The standard InChI is InChI=1S/C31H52O/c1-21(2)10-9-11-22(3)23-12-15-28(7)27(23,6)18-19-31-20-30(31)17-14-25(32)26(4,5)24(30)13-16-29(28,31)8/h10,22-25,32H,9,11-20H2,1-8H3. The van der Waals surface area contributed by atoms with E-state index in [1.807, 2.05) is 0 Å². The number of hydrogen-bond acceptors (Lipinski definition) is 1. The van der Waals surface area contributed by atoms with E-state index in [0.29, 0.717) is 27.1 Å². The highest BCUT2D eigenvalue weighted by atomic mass is 16.3. The summed E-state index contributed by atoms with van der Waals surface area (Å²) in [5.74, 6) is 2.47. The van der Waals surface area contributed by atoms with E-state index in [9.17, 15) is 5.11 Å². The lowest BCUT2D eigenvalue weighted by atomic mass is 9.36. The van der Waals surface area contributed by atoms with Crippen molar-refractivity contribution in [1.82, 2.24) is 0 Å². The molecule has 5 aliphatic rings. The van der Waals surface area contributed by atoms with Gasteiger partial charge in [-0.15, -0.1) is 0 Å². The predicted molar refractivity (Wildman–Crippen MR) is 135 cm³/mol. The fraction of sp³-hybridized carbons (Fsp3) is 0.935. The Morgan fingerprint density at radius 1 is 0.906 bits per heavy atom. The van der Waals surface area contributed by atoms with Gasteiger partial charge in [0.2, 0.25) is 0 Å². The Kier molecular flexibility index (Phi) is 5.05. The van der Waals surface area contributed by atoms with Gasteiger partial charge in [-0.2, -0.15) is 0 Å². The van der Waals surface area contributed by atoms with Gasteiger partial charge in [0.25, 0.3) is 0 Å². The predicted octanol–water partition coefficient (Wildman–Crippen LogP) is 8.56. The third-order valence-corrected chi connectivity index (χ3v) is 13.9. The Hall–Kier alpha value is -0.300. The van der Waals surface area contributed by atoms with Crippen molar-refractivity contribution in [2.45, 2.75) is 132 Å². The average molecular weight is 441 g/mol. The highest BCUT2D eigenvalue weighted by Gasteiger charge is 2.85. The van der Waals surface area contributed by atoms with Crippen LogP contribution in [0.1, 0.15) is 126 Å². The summed E-state index contributed by atoms with van der Waals surface area (Å²) >= 11 is 0. The van der Waals surface area contributed by atoms with Crippen LogP contribution < -0.4 is 0 Å². The fourth-order valence-electron chi connectivity index (χ4n) is 11.7. The second-order valence-electron chi connectivity index (χ2n) is 14.9. The molecular formula is C31H52O. The summed E-state index contributed by atoms with van der Waals surface area (Å²) in [4.78, 5) is 0. The molecule has 5 fully saturated rings. The maximum Gasteiger partial charge on any atom is 0.0594 e. The van der Waals surface area contributed by atoms with Crippen LogP contribution in [0.15, 0.2) is 11.6 Å². The minimum absolute atomic E-state index is 0.0953. The summed E-state index contributed by atoms with van der Waals surface area (Å²) < 4.78 is 0. The molecule has 1 nitrogen and oxygen atoms in total. The van der Waals surface area contributed by atoms with E-state index in [1.54, 1.807) is 0 Å². The molecule has 5 aliphatic carbocycles. The zero-order valence-corrected chi connectivity index (χ0v) is 22.6. The second-order valence-corrected chi connectivity index (χ2v) is 14.9. The number of hydrogen-bond donors (Lipinski definition) is 1. The molecule has 0 saturated heterocycles. The first-order valence-electron chi connectivity index (χ1n) is 14.1. The van der Waals surface area contributed by atoms with E-state index in [1.165, 1.54) is 69.8 Å². The molecule has 9 atom stereocenters. The molecule has 1 N–H and O–H groups in total. The van der Waals surface area contributed by atoms with Crippen molar-refractivity contribution in [2.75, 3.05) is 0 Å². The maximum atomic E-state index is 10.9. The highest BCUT2D eigenvalue weighted by molar-refractivity contribution is 5.34. The van der Waals surface area contributed by atoms with Crippen molar-refractivity contribution in [3.8, 4) is 0 Å². The van der Waals surface area contributed by atoms with E-state index in [4.69, 9.17) is 0 Å². The topological polar surface area (TPSA) is 20.2 Å². The molecule has 5 rings (SSSR count). The van der Waals surface area contributed by atoms with E-state index >= 15 is 0 Å². The molecule has 182 valence electrons. The highest BCUT2D eigenvalue weighted by Crippen LogP contribution is 2.92. The van der Waals surface area contributed by atoms with Gasteiger partial charge < -0.3 is 5.11 Å². The Morgan fingerprint density at radius 2 is 1.59 bits per heavy atom. The lowest BCUT2D eigenvalue weighted by Crippen LogP contribution is -2.62. The first-order valence-corrected chi connectivity index (χ1v) is 14.1. The molecular weight excluding hydrogens is 388 g/mol. The number of fused-ring (bicyclic) bond motifs is 2. The third kappa shape index (κ3) is 2.51. The summed E-state index contributed by atoms with van der Waals surface area (Å²) in [5, 5.41) is 10.9. The van der Waals surface area contributed by atoms with Crippen molar-refractivity contribution in [3.63, 3.8) is 0 Å². The normalized spacial score (nSPS) is 54.0. The molecule has 0 heterocycles. The Balaban J connectivity index is 1.46. The van der Waals surface area contributed by atoms with Crippen LogP contribution in [0.3, 0.4) is 0 Å². The SMILES string of the molecule is CC(C)=CCCC(C)C1CCC2(C)C1(C)CCC13CC14CCC(O)C(C)(C)C4CCC23C. The van der Waals surface area contributed by atoms with Crippen LogP contribution in [0.4, 0.5) is 0 Å². The van der Waals surface area contributed by atoms with Crippen molar-refractivity contribution in [1.29, 1.82) is 0 Å². The molecule has 0 amide bonds. The van der Waals surface area contributed by atoms with Gasteiger partial charge >= 0.3 is 0 Å². The zero-order valence-electron chi connectivity index (χ0n) is 22.6. The second kappa shape index (κ2) is 6.89. The molecule has 0 aliphatic heterocycles. The van der Waals surface area contributed by atoms with Gasteiger partial charge in [-0.05, 0) is 135 Å². The van der Waals surface area contributed by atoms with Crippen LogP contribution in [0, 0.1) is 50.2 Å². The van der Waals surface area contributed by atoms with Crippen LogP contribution in [0.2, 0.25) is 0 Å². The van der Waals surface area contributed by atoms with Crippen LogP contribution in [-0.4, -0.2) is 11.2 Å². The maximum absolute atomic E-state index is 10.9. The molecule has 9 unspecified atom stereocenters. The van der Waals surface area contributed by atoms with E-state index in [0.717, 1.165) is 24.2 Å². The summed E-state index contributed by atoms with van der Waals surface area (Å²) in [5.41, 5.74) is 4.14. The van der Waals surface area contributed by atoms with Crippen LogP contribution in [0.5, 0.6) is 0 Å². The lowest BCUT2D eigenvalue weighted by Gasteiger charge is -2.68. The first kappa shape index (κ1) is 23.4. The van der Waals surface area contributed by atoms with Crippen molar-refractivity contribution < 1.29 is 5.11 Å². The van der Waals surface area contributed by atoms with Gasteiger partial charge in [-0.1, -0.05) is 53.2 Å². The fourth-order valence-corrected chi connectivity index (χ4v) is 11.7. The average Bonchev–Trinajstić information content (AvgIpc) is 3.30. The largest absolute Gasteiger partial charge is 0.393 e. The molecule has 0 bridgehead atoms. The number of rotatable bonds is 4. The Bertz CT molecular complexity index is 805. The van der Waals surface area contributed by atoms with Gasteiger partial charge in [-0.3, -0.25) is 0 Å². The van der Waals surface area contributed by atoms with Crippen molar-refractivity contribution in [2.24, 2.45) is 50.2 Å². The Morgan fingerprint density at radius 3 is 2.28 bits per heavy atom. The first-order chi connectivity index (χ1) is 14.8. The van der Waals surface area contributed by atoms with E-state index < -0.39 is 0 Å². The van der Waals surface area contributed by atoms with Crippen LogP contribution in [-0.2, 0) is 0 Å². The number of aliphatic hydroxyl groups excluding tert-OH is 1.